The fourth-order valence-electron chi connectivity index (χ4n) is 0.144. The van der Waals surface area contributed by atoms with Crippen molar-refractivity contribution in [2.45, 2.75) is 20.8 Å². The molecule has 2 nitrogen and oxygen atoms in total. The summed E-state index contributed by atoms with van der Waals surface area (Å²) in [6.45, 7) is 1.76. The van der Waals surface area contributed by atoms with E-state index in [9.17, 15) is 4.79 Å². The van der Waals surface area contributed by atoms with Gasteiger partial charge in [0.2, 0.25) is 0 Å². The topological polar surface area (TPSA) is 26.3 Å². The summed E-state index contributed by atoms with van der Waals surface area (Å²) in [5.41, 5.74) is 0. The SMILES string of the molecule is C.CCC(=O)OC.S. The Morgan fingerprint density at radius 1 is 1.62 bits per heavy atom. The Morgan fingerprint density at radius 3 is 2.00 bits per heavy atom. The molecule has 52 valence electrons. The van der Waals surface area contributed by atoms with E-state index in [1.165, 1.54) is 7.11 Å². The molecule has 0 aromatic rings. The van der Waals surface area contributed by atoms with Crippen LogP contribution in [0.2, 0.25) is 0 Å². The van der Waals surface area contributed by atoms with E-state index in [2.05, 4.69) is 4.74 Å². The Hall–Kier alpha value is -0.180. The summed E-state index contributed by atoms with van der Waals surface area (Å²) in [7, 11) is 1.38. The van der Waals surface area contributed by atoms with Gasteiger partial charge in [0.1, 0.15) is 0 Å². The summed E-state index contributed by atoms with van der Waals surface area (Å²) in [5.74, 6) is -0.157. The van der Waals surface area contributed by atoms with Crippen LogP contribution < -0.4 is 0 Å². The van der Waals surface area contributed by atoms with Gasteiger partial charge in [-0.05, 0) is 0 Å². The third-order valence-corrected chi connectivity index (χ3v) is 0.516. The van der Waals surface area contributed by atoms with Gasteiger partial charge in [-0.25, -0.2) is 0 Å². The van der Waals surface area contributed by atoms with Crippen LogP contribution in [-0.4, -0.2) is 13.1 Å². The number of rotatable bonds is 1. The molecule has 0 spiro atoms. The molecule has 0 unspecified atom stereocenters. The minimum atomic E-state index is -0.157. The summed E-state index contributed by atoms with van der Waals surface area (Å²) >= 11 is 0. The lowest BCUT2D eigenvalue weighted by molar-refractivity contribution is -0.140. The van der Waals surface area contributed by atoms with Gasteiger partial charge < -0.3 is 4.74 Å². The second kappa shape index (κ2) is 9.94. The average molecular weight is 138 g/mol. The number of hydrogen-bond acceptors (Lipinski definition) is 2. The highest BCUT2D eigenvalue weighted by Gasteiger charge is 1.87. The Kier molecular flexibility index (Phi) is 19.5. The van der Waals surface area contributed by atoms with Crippen LogP contribution in [0.3, 0.4) is 0 Å². The van der Waals surface area contributed by atoms with E-state index in [0.717, 1.165) is 0 Å². The zero-order valence-electron chi connectivity index (χ0n) is 4.52. The fraction of sp³-hybridized carbons (Fsp3) is 0.800. The highest BCUT2D eigenvalue weighted by Crippen LogP contribution is 1.76. The molecule has 8 heavy (non-hydrogen) atoms. The zero-order chi connectivity index (χ0) is 4.99. The minimum Gasteiger partial charge on any atom is -0.469 e. The van der Waals surface area contributed by atoms with Gasteiger partial charge in [-0.3, -0.25) is 4.79 Å². The molecule has 0 rings (SSSR count). The first-order valence-corrected chi connectivity index (χ1v) is 1.88. The highest BCUT2D eigenvalue weighted by molar-refractivity contribution is 7.59. The van der Waals surface area contributed by atoms with Crippen molar-refractivity contribution in [1.29, 1.82) is 0 Å². The van der Waals surface area contributed by atoms with E-state index in [-0.39, 0.29) is 26.9 Å². The first kappa shape index (κ1) is 15.7. The van der Waals surface area contributed by atoms with Crippen LogP contribution in [0.15, 0.2) is 0 Å². The second-order valence-corrected chi connectivity index (χ2v) is 0.930. The van der Waals surface area contributed by atoms with Gasteiger partial charge >= 0.3 is 5.97 Å². The summed E-state index contributed by atoms with van der Waals surface area (Å²) in [6.07, 6.45) is 0.469. The van der Waals surface area contributed by atoms with Crippen LogP contribution in [0.25, 0.3) is 0 Å². The van der Waals surface area contributed by atoms with Crippen molar-refractivity contribution in [3.05, 3.63) is 0 Å². The van der Waals surface area contributed by atoms with E-state index >= 15 is 0 Å². The smallest absolute Gasteiger partial charge is 0.305 e. The maximum absolute atomic E-state index is 9.96. The molecular weight excluding hydrogens is 124 g/mol. The minimum absolute atomic E-state index is 0. The number of hydrogen-bond donors (Lipinski definition) is 0. The summed E-state index contributed by atoms with van der Waals surface area (Å²) in [6, 6.07) is 0. The second-order valence-electron chi connectivity index (χ2n) is 0.930. The number of ether oxygens (including phenoxy) is 1. The molecule has 0 N–H and O–H groups in total. The van der Waals surface area contributed by atoms with E-state index in [1.54, 1.807) is 6.92 Å². The first-order chi connectivity index (χ1) is 2.81. The van der Waals surface area contributed by atoms with E-state index in [1.807, 2.05) is 0 Å². The molecule has 0 atom stereocenters. The highest BCUT2D eigenvalue weighted by atomic mass is 32.1. The van der Waals surface area contributed by atoms with Crippen molar-refractivity contribution in [2.75, 3.05) is 7.11 Å². The summed E-state index contributed by atoms with van der Waals surface area (Å²) < 4.78 is 4.26. The number of esters is 1. The van der Waals surface area contributed by atoms with Crippen LogP contribution in [-0.2, 0) is 9.53 Å². The predicted octanol–water partition coefficient (Wildman–Crippen LogP) is 1.32. The standard InChI is InChI=1S/C4H8O2.CH4.H2S/c1-3-4(5)6-2;;/h3H2,1-2H3;1H4;1H2. The molecule has 0 aliphatic rings. The van der Waals surface area contributed by atoms with Crippen LogP contribution >= 0.6 is 13.5 Å². The van der Waals surface area contributed by atoms with Gasteiger partial charge in [-0.15, -0.1) is 0 Å². The Labute approximate surface area is 57.7 Å². The van der Waals surface area contributed by atoms with Crippen LogP contribution in [0.1, 0.15) is 20.8 Å². The third-order valence-electron chi connectivity index (χ3n) is 0.516. The normalized spacial score (nSPS) is 5.75. The average Bonchev–Trinajstić information content (AvgIpc) is 1.65. The molecule has 0 amide bonds. The quantitative estimate of drug-likeness (QED) is 0.511. The monoisotopic (exact) mass is 138 g/mol. The predicted molar refractivity (Wildman–Crippen MR) is 39.4 cm³/mol. The lowest BCUT2D eigenvalue weighted by Crippen LogP contribution is -1.94. The number of methoxy groups -OCH3 is 1. The van der Waals surface area contributed by atoms with Gasteiger partial charge in [0.25, 0.3) is 0 Å². The Balaban J connectivity index is -0.000000125. The third kappa shape index (κ3) is 9.27. The maximum atomic E-state index is 9.96. The molecule has 0 bridgehead atoms. The molecule has 0 fully saturated rings. The van der Waals surface area contributed by atoms with E-state index < -0.39 is 0 Å². The molecule has 0 heterocycles. The molecule has 3 heteroatoms. The van der Waals surface area contributed by atoms with Crippen LogP contribution in [0, 0.1) is 0 Å². The Bertz CT molecular complexity index is 48.4. The first-order valence-electron chi connectivity index (χ1n) is 1.88. The number of carbonyl (C=O) groups is 1. The van der Waals surface area contributed by atoms with Crippen LogP contribution in [0.5, 0.6) is 0 Å². The van der Waals surface area contributed by atoms with Crippen molar-refractivity contribution in [3.63, 3.8) is 0 Å². The summed E-state index contributed by atoms with van der Waals surface area (Å²) in [5, 5.41) is 0. The molecule has 0 aliphatic carbocycles. The fourth-order valence-corrected chi connectivity index (χ4v) is 0.144. The van der Waals surface area contributed by atoms with Crippen molar-refractivity contribution >= 4 is 19.5 Å². The van der Waals surface area contributed by atoms with Gasteiger partial charge in [-0.1, -0.05) is 14.4 Å². The molecule has 0 aliphatic heterocycles. The van der Waals surface area contributed by atoms with Crippen molar-refractivity contribution in [1.82, 2.24) is 0 Å². The molecule has 0 saturated carbocycles. The van der Waals surface area contributed by atoms with Gasteiger partial charge in [0.15, 0.2) is 0 Å². The van der Waals surface area contributed by atoms with Crippen molar-refractivity contribution < 1.29 is 9.53 Å². The largest absolute Gasteiger partial charge is 0.469 e. The van der Waals surface area contributed by atoms with Gasteiger partial charge in [-0.2, -0.15) is 13.5 Å². The summed E-state index contributed by atoms with van der Waals surface area (Å²) in [4.78, 5) is 9.96. The van der Waals surface area contributed by atoms with Crippen molar-refractivity contribution in [3.8, 4) is 0 Å². The molecule has 0 saturated heterocycles. The van der Waals surface area contributed by atoms with E-state index in [0.29, 0.717) is 6.42 Å². The van der Waals surface area contributed by atoms with Gasteiger partial charge in [0, 0.05) is 6.42 Å². The molecular formula is C5H14O2S. The van der Waals surface area contributed by atoms with E-state index in [4.69, 9.17) is 0 Å². The zero-order valence-corrected chi connectivity index (χ0v) is 5.52. The van der Waals surface area contributed by atoms with Gasteiger partial charge in [0.05, 0.1) is 7.11 Å². The Morgan fingerprint density at radius 2 is 2.00 bits per heavy atom. The number of carbonyl (C=O) groups excluding carboxylic acids is 1. The molecule has 0 aromatic carbocycles. The van der Waals surface area contributed by atoms with Crippen molar-refractivity contribution in [2.24, 2.45) is 0 Å². The van der Waals surface area contributed by atoms with Crippen LogP contribution in [0.4, 0.5) is 0 Å². The molecule has 0 radical (unpaired) electrons. The lowest BCUT2D eigenvalue weighted by Gasteiger charge is -1.87. The lowest BCUT2D eigenvalue weighted by atomic mass is 10.5. The maximum Gasteiger partial charge on any atom is 0.305 e. The molecule has 0 aromatic heterocycles.